The number of ether oxygens (including phenoxy) is 1. The highest BCUT2D eigenvalue weighted by Crippen LogP contribution is 2.09. The Hall–Kier alpha value is -2.33. The summed E-state index contributed by atoms with van der Waals surface area (Å²) in [6.45, 7) is 2.49. The molecule has 0 bridgehead atoms. The van der Waals surface area contributed by atoms with Crippen LogP contribution >= 0.6 is 0 Å². The van der Waals surface area contributed by atoms with Gasteiger partial charge in [0.25, 0.3) is 0 Å². The van der Waals surface area contributed by atoms with E-state index in [0.29, 0.717) is 12.2 Å². The molecule has 0 saturated heterocycles. The molecular formula is C18H22N2O2. The van der Waals surface area contributed by atoms with Gasteiger partial charge < -0.3 is 15.4 Å². The average molecular weight is 298 g/mol. The number of nitrogens with two attached hydrogens (primary N) is 1. The summed E-state index contributed by atoms with van der Waals surface area (Å²) in [5, 5.41) is 0. The van der Waals surface area contributed by atoms with Crippen LogP contribution < -0.4 is 10.5 Å². The van der Waals surface area contributed by atoms with E-state index in [0.717, 1.165) is 30.8 Å². The molecular weight excluding hydrogens is 276 g/mol. The van der Waals surface area contributed by atoms with Crippen LogP contribution in [0.1, 0.15) is 22.3 Å². The number of carbonyl (C=O) groups is 1. The van der Waals surface area contributed by atoms with Crippen molar-refractivity contribution in [3.63, 3.8) is 0 Å². The van der Waals surface area contributed by atoms with Gasteiger partial charge in [-0.05, 0) is 43.3 Å². The standard InChI is InChI=1S/C18H22N2O2/c1-20(12-5-13-22-17-6-3-2-4-7-17)14-15-8-10-16(11-9-15)18(19)21/h2-4,6-11H,5,12-14H2,1H3,(H2,19,21). The van der Waals surface area contributed by atoms with Gasteiger partial charge in [-0.15, -0.1) is 0 Å². The van der Waals surface area contributed by atoms with Crippen molar-refractivity contribution in [3.05, 3.63) is 65.7 Å². The van der Waals surface area contributed by atoms with Crippen LogP contribution in [0.15, 0.2) is 54.6 Å². The molecule has 4 heteroatoms. The zero-order chi connectivity index (χ0) is 15.8. The molecule has 0 saturated carbocycles. The van der Waals surface area contributed by atoms with Gasteiger partial charge in [-0.1, -0.05) is 30.3 Å². The average Bonchev–Trinajstić information content (AvgIpc) is 2.53. The lowest BCUT2D eigenvalue weighted by Crippen LogP contribution is -2.21. The number of nitrogens with zero attached hydrogens (tertiary/aromatic N) is 1. The second-order valence-corrected chi connectivity index (χ2v) is 5.31. The van der Waals surface area contributed by atoms with Gasteiger partial charge >= 0.3 is 0 Å². The van der Waals surface area contributed by atoms with E-state index in [1.54, 1.807) is 12.1 Å². The van der Waals surface area contributed by atoms with Crippen LogP contribution in [-0.4, -0.2) is 31.0 Å². The first-order valence-electron chi connectivity index (χ1n) is 7.40. The van der Waals surface area contributed by atoms with Crippen molar-refractivity contribution >= 4 is 5.91 Å². The zero-order valence-corrected chi connectivity index (χ0v) is 12.9. The van der Waals surface area contributed by atoms with Gasteiger partial charge in [0, 0.05) is 18.7 Å². The fourth-order valence-electron chi connectivity index (χ4n) is 2.21. The lowest BCUT2D eigenvalue weighted by molar-refractivity contribution is 0.100. The molecule has 4 nitrogen and oxygen atoms in total. The van der Waals surface area contributed by atoms with Crippen molar-refractivity contribution < 1.29 is 9.53 Å². The van der Waals surface area contributed by atoms with E-state index in [1.165, 1.54) is 0 Å². The Kier molecular flexibility index (Phi) is 5.98. The maximum absolute atomic E-state index is 11.0. The summed E-state index contributed by atoms with van der Waals surface area (Å²) in [6.07, 6.45) is 0.963. The molecule has 0 aromatic heterocycles. The van der Waals surface area contributed by atoms with Crippen LogP contribution in [0.4, 0.5) is 0 Å². The normalized spacial score (nSPS) is 10.6. The van der Waals surface area contributed by atoms with Gasteiger partial charge in [0.05, 0.1) is 6.61 Å². The third kappa shape index (κ3) is 5.22. The monoisotopic (exact) mass is 298 g/mol. The number of rotatable bonds is 8. The molecule has 0 aliphatic carbocycles. The lowest BCUT2D eigenvalue weighted by atomic mass is 10.1. The van der Waals surface area contributed by atoms with Crippen LogP contribution in [0.25, 0.3) is 0 Å². The van der Waals surface area contributed by atoms with Gasteiger partial charge in [-0.25, -0.2) is 0 Å². The van der Waals surface area contributed by atoms with Crippen molar-refractivity contribution in [1.29, 1.82) is 0 Å². The molecule has 1 amide bonds. The van der Waals surface area contributed by atoms with Crippen LogP contribution in [0, 0.1) is 0 Å². The second kappa shape index (κ2) is 8.20. The molecule has 2 N–H and O–H groups in total. The number of carbonyl (C=O) groups excluding carboxylic acids is 1. The number of benzene rings is 2. The molecule has 0 radical (unpaired) electrons. The first-order valence-corrected chi connectivity index (χ1v) is 7.40. The van der Waals surface area contributed by atoms with E-state index in [9.17, 15) is 4.79 Å². The van der Waals surface area contributed by atoms with Crippen LogP contribution in [0.5, 0.6) is 5.75 Å². The molecule has 0 heterocycles. The summed E-state index contributed by atoms with van der Waals surface area (Å²) in [6, 6.07) is 17.3. The molecule has 2 rings (SSSR count). The number of hydrogen-bond acceptors (Lipinski definition) is 3. The maximum atomic E-state index is 11.0. The zero-order valence-electron chi connectivity index (χ0n) is 12.9. The summed E-state index contributed by atoms with van der Waals surface area (Å²) in [4.78, 5) is 13.3. The predicted molar refractivity (Wildman–Crippen MR) is 87.8 cm³/mol. The minimum absolute atomic E-state index is 0.391. The molecule has 116 valence electrons. The quantitative estimate of drug-likeness (QED) is 0.762. The number of para-hydroxylation sites is 1. The molecule has 22 heavy (non-hydrogen) atoms. The molecule has 0 aliphatic heterocycles. The van der Waals surface area contributed by atoms with Gasteiger partial charge in [-0.3, -0.25) is 4.79 Å². The highest BCUT2D eigenvalue weighted by atomic mass is 16.5. The first-order chi connectivity index (χ1) is 10.6. The highest BCUT2D eigenvalue weighted by molar-refractivity contribution is 5.92. The van der Waals surface area contributed by atoms with Gasteiger partial charge in [0.2, 0.25) is 5.91 Å². The molecule has 2 aromatic rings. The largest absolute Gasteiger partial charge is 0.494 e. The first kappa shape index (κ1) is 16.0. The Morgan fingerprint density at radius 3 is 2.41 bits per heavy atom. The number of amides is 1. The van der Waals surface area contributed by atoms with E-state index in [2.05, 4.69) is 11.9 Å². The van der Waals surface area contributed by atoms with Crippen LogP contribution in [0.2, 0.25) is 0 Å². The van der Waals surface area contributed by atoms with Crippen LogP contribution in [0.3, 0.4) is 0 Å². The van der Waals surface area contributed by atoms with E-state index >= 15 is 0 Å². The van der Waals surface area contributed by atoms with E-state index in [-0.39, 0.29) is 0 Å². The number of hydrogen-bond donors (Lipinski definition) is 1. The molecule has 0 fully saturated rings. The van der Waals surface area contributed by atoms with Gasteiger partial charge in [-0.2, -0.15) is 0 Å². The topological polar surface area (TPSA) is 55.6 Å². The highest BCUT2D eigenvalue weighted by Gasteiger charge is 2.03. The Bertz CT molecular complexity index is 582. The molecule has 0 aliphatic rings. The van der Waals surface area contributed by atoms with Crippen molar-refractivity contribution in [1.82, 2.24) is 4.90 Å². The summed E-state index contributed by atoms with van der Waals surface area (Å²) in [5.74, 6) is 0.519. The van der Waals surface area contributed by atoms with Crippen molar-refractivity contribution in [2.45, 2.75) is 13.0 Å². The van der Waals surface area contributed by atoms with Gasteiger partial charge in [0.1, 0.15) is 5.75 Å². The van der Waals surface area contributed by atoms with Crippen molar-refractivity contribution in [2.75, 3.05) is 20.2 Å². The minimum atomic E-state index is -0.391. The maximum Gasteiger partial charge on any atom is 0.248 e. The number of primary amides is 1. The van der Waals surface area contributed by atoms with E-state index in [4.69, 9.17) is 10.5 Å². The summed E-state index contributed by atoms with van der Waals surface area (Å²) in [7, 11) is 2.07. The lowest BCUT2D eigenvalue weighted by Gasteiger charge is -2.17. The fourth-order valence-corrected chi connectivity index (χ4v) is 2.21. The van der Waals surface area contributed by atoms with Crippen molar-refractivity contribution in [3.8, 4) is 5.75 Å². The van der Waals surface area contributed by atoms with Crippen molar-refractivity contribution in [2.24, 2.45) is 5.73 Å². The molecule has 0 unspecified atom stereocenters. The Morgan fingerprint density at radius 2 is 1.77 bits per heavy atom. The third-order valence-electron chi connectivity index (χ3n) is 3.39. The molecule has 2 aromatic carbocycles. The third-order valence-corrected chi connectivity index (χ3v) is 3.39. The Labute approximate surface area is 131 Å². The summed E-state index contributed by atoms with van der Waals surface area (Å²) in [5.41, 5.74) is 6.94. The van der Waals surface area contributed by atoms with E-state index in [1.807, 2.05) is 42.5 Å². The summed E-state index contributed by atoms with van der Waals surface area (Å²) < 4.78 is 5.67. The molecule has 0 spiro atoms. The van der Waals surface area contributed by atoms with E-state index < -0.39 is 5.91 Å². The fraction of sp³-hybridized carbons (Fsp3) is 0.278. The SMILES string of the molecule is CN(CCCOc1ccccc1)Cc1ccc(C(N)=O)cc1. The summed E-state index contributed by atoms with van der Waals surface area (Å²) >= 11 is 0. The minimum Gasteiger partial charge on any atom is -0.494 e. The second-order valence-electron chi connectivity index (χ2n) is 5.31. The van der Waals surface area contributed by atoms with Gasteiger partial charge in [0.15, 0.2) is 0 Å². The van der Waals surface area contributed by atoms with Crippen LogP contribution in [-0.2, 0) is 6.54 Å². The Balaban J connectivity index is 1.69. The predicted octanol–water partition coefficient (Wildman–Crippen LogP) is 2.69. The smallest absolute Gasteiger partial charge is 0.248 e. The molecule has 0 atom stereocenters. The Morgan fingerprint density at radius 1 is 1.09 bits per heavy atom.